The molecular weight excluding hydrogens is 290 g/mol. The minimum Gasteiger partial charge on any atom is -0.314 e. The van der Waals surface area contributed by atoms with E-state index in [1.807, 2.05) is 0 Å². The summed E-state index contributed by atoms with van der Waals surface area (Å²) >= 11 is 0. The van der Waals surface area contributed by atoms with Gasteiger partial charge in [-0.3, -0.25) is 4.90 Å². The summed E-state index contributed by atoms with van der Waals surface area (Å²) in [5, 5.41) is 2.45. The highest BCUT2D eigenvalue weighted by Gasteiger charge is 2.36. The highest BCUT2D eigenvalue weighted by Crippen LogP contribution is 2.17. The number of sulfone groups is 1. The van der Waals surface area contributed by atoms with Crippen molar-refractivity contribution >= 4 is 19.9 Å². The molecule has 0 bridgehead atoms. The molecule has 2 saturated heterocycles. The molecule has 2 aliphatic heterocycles. The molecule has 9 heteroatoms. The summed E-state index contributed by atoms with van der Waals surface area (Å²) in [5.41, 5.74) is 0. The lowest BCUT2D eigenvalue weighted by molar-refractivity contribution is 0.245. The quantitative estimate of drug-likeness (QED) is 0.610. The molecule has 2 heterocycles. The first-order valence-electron chi connectivity index (χ1n) is 6.51. The lowest BCUT2D eigenvalue weighted by atomic mass is 10.3. The normalized spacial score (nSPS) is 28.5. The van der Waals surface area contributed by atoms with Crippen LogP contribution in [-0.2, 0) is 19.9 Å². The Bertz CT molecular complexity index is 497. The van der Waals surface area contributed by atoms with Gasteiger partial charge in [0, 0.05) is 39.3 Å². The summed E-state index contributed by atoms with van der Waals surface area (Å²) in [7, 11) is -6.67. The van der Waals surface area contributed by atoms with Gasteiger partial charge in [-0.25, -0.2) is 21.6 Å². The average Bonchev–Trinajstić information content (AvgIpc) is 2.72. The largest absolute Gasteiger partial charge is 0.314 e. The zero-order valence-corrected chi connectivity index (χ0v) is 12.5. The molecule has 0 amide bonds. The van der Waals surface area contributed by atoms with E-state index in [0.29, 0.717) is 13.1 Å². The van der Waals surface area contributed by atoms with Crippen molar-refractivity contribution in [2.24, 2.45) is 0 Å². The second kappa shape index (κ2) is 6.04. The van der Waals surface area contributed by atoms with Crippen LogP contribution >= 0.6 is 0 Å². The number of hydrogen-bond acceptors (Lipinski definition) is 6. The smallest absolute Gasteiger partial charge is 0.215 e. The van der Waals surface area contributed by atoms with Crippen LogP contribution in [0.2, 0.25) is 0 Å². The molecule has 0 aliphatic carbocycles. The highest BCUT2D eigenvalue weighted by atomic mass is 32.2. The minimum atomic E-state index is -3.50. The van der Waals surface area contributed by atoms with E-state index in [1.165, 1.54) is 0 Å². The molecule has 0 saturated carbocycles. The summed E-state index contributed by atoms with van der Waals surface area (Å²) in [4.78, 5) is 2.18. The number of hydrogen-bond donors (Lipinski definition) is 2. The van der Waals surface area contributed by atoms with Gasteiger partial charge in [0.15, 0.2) is 9.84 Å². The van der Waals surface area contributed by atoms with Gasteiger partial charge in [0.2, 0.25) is 10.0 Å². The molecule has 0 aromatic carbocycles. The van der Waals surface area contributed by atoms with Crippen molar-refractivity contribution in [2.75, 3.05) is 50.8 Å². The van der Waals surface area contributed by atoms with Gasteiger partial charge in [0.05, 0.1) is 16.8 Å². The molecule has 2 aliphatic rings. The number of piperazine rings is 1. The van der Waals surface area contributed by atoms with E-state index < -0.39 is 25.1 Å². The Labute approximate surface area is 114 Å². The van der Waals surface area contributed by atoms with Crippen molar-refractivity contribution in [3.05, 3.63) is 0 Å². The van der Waals surface area contributed by atoms with Crippen LogP contribution in [0.25, 0.3) is 0 Å². The molecule has 1 unspecified atom stereocenters. The average molecular weight is 311 g/mol. The first-order chi connectivity index (χ1) is 8.89. The maximum atomic E-state index is 12.0. The lowest BCUT2D eigenvalue weighted by Gasteiger charge is -2.27. The molecule has 2 rings (SSSR count). The van der Waals surface area contributed by atoms with Gasteiger partial charge in [-0.15, -0.1) is 0 Å². The fraction of sp³-hybridized carbons (Fsp3) is 1.00. The predicted molar refractivity (Wildman–Crippen MR) is 73.3 cm³/mol. The van der Waals surface area contributed by atoms with E-state index in [-0.39, 0.29) is 17.9 Å². The second-order valence-electron chi connectivity index (χ2n) is 5.06. The van der Waals surface area contributed by atoms with Gasteiger partial charge in [-0.2, -0.15) is 0 Å². The number of nitrogens with zero attached hydrogens (tertiary/aromatic N) is 1. The molecule has 2 fully saturated rings. The SMILES string of the molecule is O=S1(=O)CCC(S(=O)(=O)NCCN2CCNCC2)C1. The first kappa shape index (κ1) is 15.2. The fourth-order valence-electron chi connectivity index (χ4n) is 2.40. The molecule has 0 aromatic rings. The van der Waals surface area contributed by atoms with Crippen LogP contribution in [-0.4, -0.2) is 77.8 Å². The van der Waals surface area contributed by atoms with Crippen molar-refractivity contribution in [3.8, 4) is 0 Å². The van der Waals surface area contributed by atoms with Gasteiger partial charge in [-0.1, -0.05) is 0 Å². The van der Waals surface area contributed by atoms with Crippen molar-refractivity contribution in [1.29, 1.82) is 0 Å². The van der Waals surface area contributed by atoms with E-state index in [9.17, 15) is 16.8 Å². The third kappa shape index (κ3) is 4.38. The topological polar surface area (TPSA) is 95.6 Å². The molecule has 0 radical (unpaired) electrons. The zero-order chi connectivity index (χ0) is 13.9. The first-order valence-corrected chi connectivity index (χ1v) is 9.88. The van der Waals surface area contributed by atoms with Gasteiger partial charge >= 0.3 is 0 Å². The van der Waals surface area contributed by atoms with Gasteiger partial charge in [0.1, 0.15) is 0 Å². The van der Waals surface area contributed by atoms with Crippen LogP contribution in [0, 0.1) is 0 Å². The molecule has 1 atom stereocenters. The molecule has 112 valence electrons. The van der Waals surface area contributed by atoms with E-state index in [4.69, 9.17) is 0 Å². The summed E-state index contributed by atoms with van der Waals surface area (Å²) in [5.74, 6) is -0.258. The van der Waals surface area contributed by atoms with Crippen molar-refractivity contribution < 1.29 is 16.8 Å². The Balaban J connectivity index is 1.78. The number of rotatable bonds is 5. The summed E-state index contributed by atoms with van der Waals surface area (Å²) in [6, 6.07) is 0. The summed E-state index contributed by atoms with van der Waals surface area (Å²) < 4.78 is 49.0. The van der Waals surface area contributed by atoms with Crippen LogP contribution in [0.5, 0.6) is 0 Å². The zero-order valence-electron chi connectivity index (χ0n) is 10.8. The maximum absolute atomic E-state index is 12.0. The third-order valence-corrected chi connectivity index (χ3v) is 7.44. The van der Waals surface area contributed by atoms with Gasteiger partial charge in [-0.05, 0) is 6.42 Å². The Morgan fingerprint density at radius 1 is 1.26 bits per heavy atom. The molecular formula is C10H21N3O4S2. The molecule has 19 heavy (non-hydrogen) atoms. The highest BCUT2D eigenvalue weighted by molar-refractivity contribution is 7.95. The van der Waals surface area contributed by atoms with E-state index >= 15 is 0 Å². The fourth-order valence-corrected chi connectivity index (χ4v) is 6.48. The Morgan fingerprint density at radius 2 is 1.95 bits per heavy atom. The molecule has 0 spiro atoms. The summed E-state index contributed by atoms with van der Waals surface area (Å²) in [6.45, 7) is 4.69. The number of sulfonamides is 1. The molecule has 2 N–H and O–H groups in total. The van der Waals surface area contributed by atoms with E-state index in [0.717, 1.165) is 26.2 Å². The van der Waals surface area contributed by atoms with Crippen molar-refractivity contribution in [2.45, 2.75) is 11.7 Å². The Morgan fingerprint density at radius 3 is 2.53 bits per heavy atom. The lowest BCUT2D eigenvalue weighted by Crippen LogP contribution is -2.47. The standard InChI is InChI=1S/C10H21N3O4S2/c14-18(15)8-1-10(9-18)19(16,17)12-4-7-13-5-2-11-3-6-13/h10-12H,1-9H2. The maximum Gasteiger partial charge on any atom is 0.215 e. The predicted octanol–water partition coefficient (Wildman–Crippen LogP) is -2.00. The van der Waals surface area contributed by atoms with Gasteiger partial charge in [0.25, 0.3) is 0 Å². The molecule has 7 nitrogen and oxygen atoms in total. The molecule has 0 aromatic heterocycles. The minimum absolute atomic E-state index is 0.0175. The van der Waals surface area contributed by atoms with E-state index in [2.05, 4.69) is 14.9 Å². The van der Waals surface area contributed by atoms with Crippen LogP contribution in [0.4, 0.5) is 0 Å². The van der Waals surface area contributed by atoms with Gasteiger partial charge < -0.3 is 5.32 Å². The Hall–Kier alpha value is -0.220. The third-order valence-electron chi connectivity index (χ3n) is 3.57. The van der Waals surface area contributed by atoms with Crippen LogP contribution in [0.3, 0.4) is 0 Å². The van der Waals surface area contributed by atoms with E-state index in [1.54, 1.807) is 0 Å². The van der Waals surface area contributed by atoms with Crippen molar-refractivity contribution in [3.63, 3.8) is 0 Å². The van der Waals surface area contributed by atoms with Crippen LogP contribution in [0.15, 0.2) is 0 Å². The van der Waals surface area contributed by atoms with Crippen LogP contribution in [0.1, 0.15) is 6.42 Å². The second-order valence-corrected chi connectivity index (χ2v) is 9.33. The Kier molecular flexibility index (Phi) is 4.83. The van der Waals surface area contributed by atoms with Crippen LogP contribution < -0.4 is 10.0 Å². The number of nitrogens with one attached hydrogen (secondary N) is 2. The monoisotopic (exact) mass is 311 g/mol. The van der Waals surface area contributed by atoms with Crippen molar-refractivity contribution in [1.82, 2.24) is 14.9 Å². The summed E-state index contributed by atoms with van der Waals surface area (Å²) in [6.07, 6.45) is 0.214.